The minimum atomic E-state index is -0.263. The van der Waals surface area contributed by atoms with Crippen molar-refractivity contribution in [2.24, 2.45) is 4.99 Å². The van der Waals surface area contributed by atoms with Crippen molar-refractivity contribution in [1.29, 1.82) is 0 Å². The Morgan fingerprint density at radius 1 is 1.00 bits per heavy atom. The van der Waals surface area contributed by atoms with Gasteiger partial charge in [-0.3, -0.25) is 10.2 Å². The van der Waals surface area contributed by atoms with Crippen LogP contribution < -0.4 is 20.6 Å². The van der Waals surface area contributed by atoms with Crippen molar-refractivity contribution in [2.45, 2.75) is 19.4 Å². The van der Waals surface area contributed by atoms with Gasteiger partial charge in [-0.05, 0) is 48.9 Å². The SMILES string of the molecule is Cc1nc2ccccc2c(=O)n1NC1=Nc2ccccc2OC(c2ccc(N(C)C)cc2)C1. The summed E-state index contributed by atoms with van der Waals surface area (Å²) >= 11 is 0. The van der Waals surface area contributed by atoms with Crippen LogP contribution in [-0.2, 0) is 0 Å². The molecule has 5 rings (SSSR count). The highest BCUT2D eigenvalue weighted by Gasteiger charge is 2.23. The lowest BCUT2D eigenvalue weighted by Crippen LogP contribution is -2.36. The number of hydrogen-bond donors (Lipinski definition) is 1. The molecular formula is C26H25N5O2. The average Bonchev–Trinajstić information content (AvgIpc) is 3.01. The smallest absolute Gasteiger partial charge is 0.280 e. The van der Waals surface area contributed by atoms with E-state index in [1.54, 1.807) is 13.0 Å². The van der Waals surface area contributed by atoms with Crippen LogP contribution in [0.2, 0.25) is 0 Å². The van der Waals surface area contributed by atoms with Crippen molar-refractivity contribution in [3.05, 3.63) is 94.5 Å². The molecular weight excluding hydrogens is 414 g/mol. The Hall–Kier alpha value is -4.13. The maximum Gasteiger partial charge on any atom is 0.280 e. The van der Waals surface area contributed by atoms with Crippen LogP contribution in [0, 0.1) is 6.92 Å². The number of para-hydroxylation sites is 3. The zero-order valence-corrected chi connectivity index (χ0v) is 18.8. The first-order valence-electron chi connectivity index (χ1n) is 10.9. The van der Waals surface area contributed by atoms with Gasteiger partial charge < -0.3 is 9.64 Å². The third kappa shape index (κ3) is 4.05. The van der Waals surface area contributed by atoms with E-state index in [0.717, 1.165) is 11.3 Å². The molecule has 0 fully saturated rings. The molecule has 0 saturated heterocycles. The first-order valence-corrected chi connectivity index (χ1v) is 10.9. The van der Waals surface area contributed by atoms with E-state index in [0.29, 0.717) is 40.4 Å². The van der Waals surface area contributed by atoms with Gasteiger partial charge in [0.25, 0.3) is 5.56 Å². The molecule has 1 aliphatic heterocycles. The molecule has 33 heavy (non-hydrogen) atoms. The fourth-order valence-corrected chi connectivity index (χ4v) is 3.96. The van der Waals surface area contributed by atoms with Crippen LogP contribution in [0.5, 0.6) is 5.75 Å². The lowest BCUT2D eigenvalue weighted by Gasteiger charge is -2.21. The number of amidine groups is 1. The largest absolute Gasteiger partial charge is 0.483 e. The summed E-state index contributed by atoms with van der Waals surface area (Å²) in [6, 6.07) is 23.3. The third-order valence-electron chi connectivity index (χ3n) is 5.73. The van der Waals surface area contributed by atoms with E-state index in [1.807, 2.05) is 56.6 Å². The molecule has 1 aliphatic rings. The summed E-state index contributed by atoms with van der Waals surface area (Å²) in [6.07, 6.45) is 0.204. The van der Waals surface area contributed by atoms with Crippen LogP contribution in [-0.4, -0.2) is 29.6 Å². The zero-order chi connectivity index (χ0) is 22.9. The van der Waals surface area contributed by atoms with Crippen LogP contribution in [0.15, 0.2) is 82.6 Å². The number of aliphatic imine (C=N–C) groups is 1. The minimum Gasteiger partial charge on any atom is -0.483 e. The number of fused-ring (bicyclic) bond motifs is 2. The summed E-state index contributed by atoms with van der Waals surface area (Å²) in [5.41, 5.74) is 6.60. The van der Waals surface area contributed by atoms with E-state index in [4.69, 9.17) is 9.73 Å². The van der Waals surface area contributed by atoms with Crippen molar-refractivity contribution >= 4 is 28.1 Å². The maximum atomic E-state index is 13.2. The quantitative estimate of drug-likeness (QED) is 0.506. The Morgan fingerprint density at radius 2 is 1.73 bits per heavy atom. The number of ether oxygens (including phenoxy) is 1. The van der Waals surface area contributed by atoms with Gasteiger partial charge in [0, 0.05) is 26.2 Å². The minimum absolute atomic E-state index is 0.161. The van der Waals surface area contributed by atoms with Crippen LogP contribution in [0.4, 0.5) is 11.4 Å². The Morgan fingerprint density at radius 3 is 2.52 bits per heavy atom. The molecule has 166 valence electrons. The highest BCUT2D eigenvalue weighted by atomic mass is 16.5. The standard InChI is InChI=1S/C26H25N5O2/c1-17-27-21-9-5-4-8-20(21)26(32)31(17)29-25-16-24(18-12-14-19(15-13-18)30(2)3)33-23-11-7-6-10-22(23)28-25/h4-15,24H,16H2,1-3H3,(H,28,29). The molecule has 1 aromatic heterocycles. The van der Waals surface area contributed by atoms with Crippen LogP contribution in [0.1, 0.15) is 23.9 Å². The van der Waals surface area contributed by atoms with Gasteiger partial charge in [0.2, 0.25) is 0 Å². The number of anilines is 1. The molecule has 1 atom stereocenters. The van der Waals surface area contributed by atoms with E-state index in [9.17, 15) is 4.79 Å². The van der Waals surface area contributed by atoms with Gasteiger partial charge in [0.1, 0.15) is 29.2 Å². The van der Waals surface area contributed by atoms with Gasteiger partial charge in [-0.1, -0.05) is 36.4 Å². The first kappa shape index (κ1) is 20.8. The van der Waals surface area contributed by atoms with Crippen LogP contribution in [0.3, 0.4) is 0 Å². The number of aromatic nitrogens is 2. The van der Waals surface area contributed by atoms with E-state index < -0.39 is 0 Å². The first-order chi connectivity index (χ1) is 16.0. The van der Waals surface area contributed by atoms with Gasteiger partial charge in [-0.25, -0.2) is 14.7 Å². The van der Waals surface area contributed by atoms with Crippen LogP contribution in [0.25, 0.3) is 10.9 Å². The Bertz CT molecular complexity index is 1410. The second-order valence-electron chi connectivity index (χ2n) is 8.25. The molecule has 0 amide bonds. The normalized spacial score (nSPS) is 15.2. The molecule has 7 heteroatoms. The van der Waals surface area contributed by atoms with Gasteiger partial charge >= 0.3 is 0 Å². The highest BCUT2D eigenvalue weighted by Crippen LogP contribution is 2.36. The Balaban J connectivity index is 1.54. The number of benzene rings is 3. The summed E-state index contributed by atoms with van der Waals surface area (Å²) in [7, 11) is 4.03. The number of aryl methyl sites for hydroxylation is 1. The number of nitrogens with one attached hydrogen (secondary N) is 1. The second-order valence-corrected chi connectivity index (χ2v) is 8.25. The summed E-state index contributed by atoms with van der Waals surface area (Å²) in [5.74, 6) is 1.90. The molecule has 0 bridgehead atoms. The van der Waals surface area contributed by atoms with Crippen LogP contribution >= 0.6 is 0 Å². The van der Waals surface area contributed by atoms with Gasteiger partial charge in [-0.15, -0.1) is 0 Å². The lowest BCUT2D eigenvalue weighted by atomic mass is 10.1. The number of hydrogen-bond acceptors (Lipinski definition) is 6. The lowest BCUT2D eigenvalue weighted by molar-refractivity contribution is 0.217. The number of nitrogens with zero attached hydrogens (tertiary/aromatic N) is 4. The van der Waals surface area contributed by atoms with Crippen molar-refractivity contribution in [2.75, 3.05) is 24.4 Å². The number of rotatable bonds is 3. The molecule has 3 aromatic carbocycles. The summed E-state index contributed by atoms with van der Waals surface area (Å²) in [5, 5.41) is 0.553. The molecule has 0 radical (unpaired) electrons. The Labute approximate surface area is 192 Å². The maximum absolute atomic E-state index is 13.2. The van der Waals surface area contributed by atoms with Gasteiger partial charge in [0.15, 0.2) is 0 Å². The molecule has 7 nitrogen and oxygen atoms in total. The summed E-state index contributed by atoms with van der Waals surface area (Å²) in [6.45, 7) is 1.81. The fraction of sp³-hybridized carbons (Fsp3) is 0.192. The van der Waals surface area contributed by atoms with E-state index in [-0.39, 0.29) is 11.7 Å². The molecule has 1 unspecified atom stereocenters. The van der Waals surface area contributed by atoms with E-state index >= 15 is 0 Å². The van der Waals surface area contributed by atoms with E-state index in [2.05, 4.69) is 39.6 Å². The van der Waals surface area contributed by atoms with Gasteiger partial charge in [-0.2, -0.15) is 0 Å². The topological polar surface area (TPSA) is 71.8 Å². The predicted molar refractivity (Wildman–Crippen MR) is 132 cm³/mol. The fourth-order valence-electron chi connectivity index (χ4n) is 3.96. The average molecular weight is 440 g/mol. The second kappa shape index (κ2) is 8.43. The zero-order valence-electron chi connectivity index (χ0n) is 18.8. The molecule has 2 heterocycles. The van der Waals surface area contributed by atoms with Crippen molar-refractivity contribution in [3.8, 4) is 5.75 Å². The molecule has 0 aliphatic carbocycles. The third-order valence-corrected chi connectivity index (χ3v) is 5.73. The molecule has 0 spiro atoms. The molecule has 0 saturated carbocycles. The Kier molecular flexibility index (Phi) is 5.30. The highest BCUT2D eigenvalue weighted by molar-refractivity contribution is 5.93. The van der Waals surface area contributed by atoms with Crippen molar-refractivity contribution < 1.29 is 4.74 Å². The molecule has 4 aromatic rings. The monoisotopic (exact) mass is 439 g/mol. The summed E-state index contributed by atoms with van der Waals surface area (Å²) < 4.78 is 7.83. The van der Waals surface area contributed by atoms with Crippen molar-refractivity contribution in [3.63, 3.8) is 0 Å². The predicted octanol–water partition coefficient (Wildman–Crippen LogP) is 4.57. The van der Waals surface area contributed by atoms with E-state index in [1.165, 1.54) is 4.68 Å². The van der Waals surface area contributed by atoms with Gasteiger partial charge in [0.05, 0.1) is 10.9 Å². The van der Waals surface area contributed by atoms with Crippen molar-refractivity contribution in [1.82, 2.24) is 9.66 Å². The summed E-state index contributed by atoms with van der Waals surface area (Å²) in [4.78, 5) is 24.6. The molecule has 1 N–H and O–H groups in total.